The Morgan fingerprint density at radius 1 is 1.00 bits per heavy atom. The lowest BCUT2D eigenvalue weighted by Crippen LogP contribution is -2.49. The highest BCUT2D eigenvalue weighted by molar-refractivity contribution is 7.92. The molecule has 0 unspecified atom stereocenters. The largest absolute Gasteiger partial charge is 0.339 e. The minimum absolute atomic E-state index is 0.0550. The number of fused-ring (bicyclic) bond motifs is 1. The normalized spacial score (nSPS) is 15.0. The summed E-state index contributed by atoms with van der Waals surface area (Å²) in [7, 11) is -1.33. The summed E-state index contributed by atoms with van der Waals surface area (Å²) in [5, 5.41) is 0. The van der Waals surface area contributed by atoms with Crippen LogP contribution in [0.25, 0.3) is 11.0 Å². The maximum atomic E-state index is 12.8. The van der Waals surface area contributed by atoms with Crippen LogP contribution in [-0.2, 0) is 17.1 Å². The molecule has 0 saturated carbocycles. The highest BCUT2D eigenvalue weighted by atomic mass is 32.2. The van der Waals surface area contributed by atoms with Crippen molar-refractivity contribution in [3.05, 3.63) is 54.1 Å². The Bertz CT molecular complexity index is 1150. The van der Waals surface area contributed by atoms with Gasteiger partial charge in [0, 0.05) is 44.5 Å². The van der Waals surface area contributed by atoms with Gasteiger partial charge in [0.05, 0.1) is 17.3 Å². The van der Waals surface area contributed by atoms with E-state index < -0.39 is 10.0 Å². The zero-order valence-corrected chi connectivity index (χ0v) is 17.2. The molecule has 0 atom stereocenters. The van der Waals surface area contributed by atoms with E-state index in [1.807, 2.05) is 36.2 Å². The van der Waals surface area contributed by atoms with Gasteiger partial charge in [-0.05, 0) is 36.4 Å². The van der Waals surface area contributed by atoms with Crippen LogP contribution < -0.4 is 9.62 Å². The smallest absolute Gasteiger partial charge is 0.253 e. The standard InChI is InChI=1S/C20H23N5O3S/c1-23-18-6-4-3-5-17(18)21-20(23)25-13-11-24(12-14-25)19(26)15-7-9-16(10-8-15)22-29(2,27)28/h3-10,22H,11-14H2,1-2H3. The molecule has 0 aliphatic carbocycles. The van der Waals surface area contributed by atoms with Gasteiger partial charge in [-0.15, -0.1) is 0 Å². The van der Waals surface area contributed by atoms with Crippen molar-refractivity contribution in [2.24, 2.45) is 7.05 Å². The van der Waals surface area contributed by atoms with Gasteiger partial charge in [0.15, 0.2) is 0 Å². The molecule has 4 rings (SSSR count). The van der Waals surface area contributed by atoms with E-state index >= 15 is 0 Å². The number of rotatable bonds is 4. The van der Waals surface area contributed by atoms with Crippen molar-refractivity contribution in [3.63, 3.8) is 0 Å². The van der Waals surface area contributed by atoms with Crippen LogP contribution in [0.1, 0.15) is 10.4 Å². The average Bonchev–Trinajstić information content (AvgIpc) is 3.04. The van der Waals surface area contributed by atoms with E-state index in [-0.39, 0.29) is 5.91 Å². The Morgan fingerprint density at radius 2 is 1.66 bits per heavy atom. The predicted molar refractivity (Wildman–Crippen MR) is 114 cm³/mol. The fourth-order valence-electron chi connectivity index (χ4n) is 3.60. The lowest BCUT2D eigenvalue weighted by molar-refractivity contribution is 0.0746. The summed E-state index contributed by atoms with van der Waals surface area (Å²) in [5.41, 5.74) is 3.03. The lowest BCUT2D eigenvalue weighted by atomic mass is 10.1. The predicted octanol–water partition coefficient (Wildman–Crippen LogP) is 1.91. The summed E-state index contributed by atoms with van der Waals surface area (Å²) < 4.78 is 27.1. The molecular weight excluding hydrogens is 390 g/mol. The number of nitrogens with one attached hydrogen (secondary N) is 1. The molecule has 0 bridgehead atoms. The van der Waals surface area contributed by atoms with Gasteiger partial charge in [-0.2, -0.15) is 0 Å². The number of para-hydroxylation sites is 2. The first-order valence-corrected chi connectivity index (χ1v) is 11.2. The topological polar surface area (TPSA) is 87.5 Å². The molecule has 0 radical (unpaired) electrons. The summed E-state index contributed by atoms with van der Waals surface area (Å²) in [6.07, 6.45) is 1.09. The third kappa shape index (κ3) is 4.04. The quantitative estimate of drug-likeness (QED) is 0.706. The minimum Gasteiger partial charge on any atom is -0.339 e. The molecule has 9 heteroatoms. The van der Waals surface area contributed by atoms with Gasteiger partial charge >= 0.3 is 0 Å². The number of aromatic nitrogens is 2. The molecule has 0 spiro atoms. The zero-order chi connectivity index (χ0) is 20.6. The Balaban J connectivity index is 1.42. The molecule has 2 heterocycles. The minimum atomic E-state index is -3.34. The first-order valence-electron chi connectivity index (χ1n) is 9.35. The summed E-state index contributed by atoms with van der Waals surface area (Å²) in [6, 6.07) is 14.5. The van der Waals surface area contributed by atoms with E-state index in [0.29, 0.717) is 37.4 Å². The fraction of sp³-hybridized carbons (Fsp3) is 0.300. The van der Waals surface area contributed by atoms with Crippen LogP contribution in [0.3, 0.4) is 0 Å². The number of aryl methyl sites for hydroxylation is 1. The van der Waals surface area contributed by atoms with Crippen molar-refractivity contribution in [2.75, 3.05) is 42.1 Å². The van der Waals surface area contributed by atoms with Gasteiger partial charge < -0.3 is 14.4 Å². The molecule has 1 aliphatic heterocycles. The molecule has 1 aliphatic rings. The van der Waals surface area contributed by atoms with E-state index in [2.05, 4.69) is 14.2 Å². The number of imidazole rings is 1. The van der Waals surface area contributed by atoms with Gasteiger partial charge in [0.1, 0.15) is 0 Å². The Hall–Kier alpha value is -3.07. The van der Waals surface area contributed by atoms with Crippen molar-refractivity contribution in [1.82, 2.24) is 14.5 Å². The van der Waals surface area contributed by atoms with Crippen LogP contribution in [0.4, 0.5) is 11.6 Å². The first kappa shape index (κ1) is 19.3. The molecule has 1 amide bonds. The molecule has 1 saturated heterocycles. The van der Waals surface area contributed by atoms with Crippen LogP contribution in [-0.4, -0.2) is 61.2 Å². The van der Waals surface area contributed by atoms with Gasteiger partial charge in [0.2, 0.25) is 16.0 Å². The maximum absolute atomic E-state index is 12.8. The molecular formula is C20H23N5O3S. The lowest BCUT2D eigenvalue weighted by Gasteiger charge is -2.35. The van der Waals surface area contributed by atoms with Gasteiger partial charge in [-0.1, -0.05) is 12.1 Å². The van der Waals surface area contributed by atoms with Crippen LogP contribution in [0.5, 0.6) is 0 Å². The summed E-state index contributed by atoms with van der Waals surface area (Å²) in [6.45, 7) is 2.62. The van der Waals surface area contributed by atoms with Crippen molar-refractivity contribution >= 4 is 38.6 Å². The number of benzene rings is 2. The van der Waals surface area contributed by atoms with Crippen molar-refractivity contribution in [2.45, 2.75) is 0 Å². The second-order valence-corrected chi connectivity index (χ2v) is 8.94. The summed E-state index contributed by atoms with van der Waals surface area (Å²) in [5.74, 6) is 0.857. The number of anilines is 2. The Kier molecular flexibility index (Phi) is 4.91. The number of sulfonamides is 1. The van der Waals surface area contributed by atoms with Gasteiger partial charge in [0.25, 0.3) is 5.91 Å². The van der Waals surface area contributed by atoms with Crippen molar-refractivity contribution in [1.29, 1.82) is 0 Å². The van der Waals surface area contributed by atoms with Crippen LogP contribution in [0.15, 0.2) is 48.5 Å². The number of hydrogen-bond donors (Lipinski definition) is 1. The highest BCUT2D eigenvalue weighted by Crippen LogP contribution is 2.22. The average molecular weight is 414 g/mol. The molecule has 1 fully saturated rings. The maximum Gasteiger partial charge on any atom is 0.253 e. The molecule has 3 aromatic rings. The van der Waals surface area contributed by atoms with E-state index in [1.165, 1.54) is 0 Å². The molecule has 1 N–H and O–H groups in total. The van der Waals surface area contributed by atoms with Gasteiger partial charge in [-0.25, -0.2) is 13.4 Å². The molecule has 152 valence electrons. The van der Waals surface area contributed by atoms with Crippen LogP contribution in [0.2, 0.25) is 0 Å². The summed E-state index contributed by atoms with van der Waals surface area (Å²) >= 11 is 0. The zero-order valence-electron chi connectivity index (χ0n) is 16.4. The number of carbonyl (C=O) groups is 1. The Labute approximate surface area is 169 Å². The molecule has 29 heavy (non-hydrogen) atoms. The van der Waals surface area contributed by atoms with Crippen molar-refractivity contribution in [3.8, 4) is 0 Å². The number of amides is 1. The van der Waals surface area contributed by atoms with Crippen LogP contribution >= 0.6 is 0 Å². The number of piperazine rings is 1. The van der Waals surface area contributed by atoms with E-state index in [4.69, 9.17) is 4.98 Å². The number of carbonyl (C=O) groups excluding carboxylic acids is 1. The molecule has 2 aromatic carbocycles. The number of hydrogen-bond acceptors (Lipinski definition) is 5. The first-order chi connectivity index (χ1) is 13.8. The van der Waals surface area contributed by atoms with E-state index in [1.54, 1.807) is 24.3 Å². The Morgan fingerprint density at radius 3 is 2.28 bits per heavy atom. The third-order valence-electron chi connectivity index (χ3n) is 5.05. The highest BCUT2D eigenvalue weighted by Gasteiger charge is 2.24. The third-order valence-corrected chi connectivity index (χ3v) is 5.65. The fourth-order valence-corrected chi connectivity index (χ4v) is 4.17. The summed E-state index contributed by atoms with van der Waals surface area (Å²) in [4.78, 5) is 21.5. The van der Waals surface area contributed by atoms with Gasteiger partial charge in [-0.3, -0.25) is 9.52 Å². The van der Waals surface area contributed by atoms with Crippen LogP contribution in [0, 0.1) is 0 Å². The number of nitrogens with zero attached hydrogens (tertiary/aromatic N) is 4. The van der Waals surface area contributed by atoms with Crippen molar-refractivity contribution < 1.29 is 13.2 Å². The van der Waals surface area contributed by atoms with E-state index in [0.717, 1.165) is 23.2 Å². The monoisotopic (exact) mass is 413 g/mol. The SMILES string of the molecule is Cn1c(N2CCN(C(=O)c3ccc(NS(C)(=O)=O)cc3)CC2)nc2ccccc21. The van der Waals surface area contributed by atoms with E-state index in [9.17, 15) is 13.2 Å². The molecule has 8 nitrogen and oxygen atoms in total. The second-order valence-electron chi connectivity index (χ2n) is 7.19. The second kappa shape index (κ2) is 7.40. The molecule has 1 aromatic heterocycles.